The van der Waals surface area contributed by atoms with Gasteiger partial charge in [-0.15, -0.1) is 0 Å². The monoisotopic (exact) mass is 365 g/mol. The van der Waals surface area contributed by atoms with Crippen molar-refractivity contribution in [1.82, 2.24) is 5.43 Å². The van der Waals surface area contributed by atoms with Gasteiger partial charge in [0.2, 0.25) is 0 Å². The Balaban J connectivity index is 3.12. The maximum atomic E-state index is 10.4. The van der Waals surface area contributed by atoms with Gasteiger partial charge in [-0.2, -0.15) is 5.10 Å². The third kappa shape index (κ3) is 3.34. The largest absolute Gasteiger partial charge is 0.503 e. The van der Waals surface area contributed by atoms with Crippen LogP contribution in [0, 0.1) is 0 Å². The molecular formula is C9H9Br2N3O3. The van der Waals surface area contributed by atoms with Gasteiger partial charge < -0.3 is 15.6 Å². The molecule has 4 N–H and O–H groups in total. The molecule has 0 aliphatic carbocycles. The van der Waals surface area contributed by atoms with Gasteiger partial charge in [0.1, 0.15) is 0 Å². The number of methoxy groups -OCH3 is 1. The number of benzene rings is 1. The maximum Gasteiger partial charge on any atom is 0.332 e. The zero-order chi connectivity index (χ0) is 13.0. The number of hydrazone groups is 1. The standard InChI is InChI=1S/C9H9Br2N3O3/c1-17-5-2-4(3-13-14-9(12)16)6(10)7(11)8(5)15/h2-3,15H,1H3,(H3,12,14,16). The molecule has 92 valence electrons. The molecule has 0 aliphatic rings. The number of aromatic hydroxyl groups is 1. The van der Waals surface area contributed by atoms with E-state index in [2.05, 4.69) is 42.4 Å². The van der Waals surface area contributed by atoms with E-state index in [4.69, 9.17) is 10.5 Å². The van der Waals surface area contributed by atoms with Crippen LogP contribution < -0.4 is 15.9 Å². The number of nitrogens with one attached hydrogen (secondary N) is 1. The summed E-state index contributed by atoms with van der Waals surface area (Å²) in [6.07, 6.45) is 1.36. The Labute approximate surface area is 114 Å². The second-order valence-corrected chi connectivity index (χ2v) is 4.46. The van der Waals surface area contributed by atoms with Gasteiger partial charge >= 0.3 is 6.03 Å². The van der Waals surface area contributed by atoms with E-state index in [0.717, 1.165) is 0 Å². The van der Waals surface area contributed by atoms with Gasteiger partial charge in [-0.1, -0.05) is 0 Å². The van der Waals surface area contributed by atoms with E-state index in [0.29, 0.717) is 14.5 Å². The van der Waals surface area contributed by atoms with Crippen LogP contribution in [0.2, 0.25) is 0 Å². The smallest absolute Gasteiger partial charge is 0.332 e. The van der Waals surface area contributed by atoms with Gasteiger partial charge in [0.05, 0.1) is 17.8 Å². The first-order valence-electron chi connectivity index (χ1n) is 4.30. The first kappa shape index (κ1) is 13.8. The summed E-state index contributed by atoms with van der Waals surface area (Å²) in [5, 5.41) is 13.3. The Bertz CT molecular complexity index is 477. The molecule has 0 aliphatic heterocycles. The van der Waals surface area contributed by atoms with Crippen molar-refractivity contribution in [2.45, 2.75) is 0 Å². The molecule has 6 nitrogen and oxygen atoms in total. The summed E-state index contributed by atoms with van der Waals surface area (Å²) in [4.78, 5) is 10.4. The van der Waals surface area contributed by atoms with E-state index >= 15 is 0 Å². The SMILES string of the molecule is COc1cc(C=NNC(N)=O)c(Br)c(Br)c1O. The van der Waals surface area contributed by atoms with Crippen LogP contribution in [-0.4, -0.2) is 24.5 Å². The molecule has 0 atom stereocenters. The summed E-state index contributed by atoms with van der Waals surface area (Å²) in [7, 11) is 1.43. The van der Waals surface area contributed by atoms with E-state index in [1.54, 1.807) is 6.07 Å². The number of urea groups is 1. The fourth-order valence-electron chi connectivity index (χ4n) is 1.03. The van der Waals surface area contributed by atoms with Gasteiger partial charge in [0.25, 0.3) is 0 Å². The number of carbonyl (C=O) groups excluding carboxylic acids is 1. The van der Waals surface area contributed by atoms with Crippen LogP contribution in [0.25, 0.3) is 0 Å². The highest BCUT2D eigenvalue weighted by Gasteiger charge is 2.13. The molecule has 8 heteroatoms. The summed E-state index contributed by atoms with van der Waals surface area (Å²) in [6.45, 7) is 0. The molecule has 0 aromatic heterocycles. The Morgan fingerprint density at radius 3 is 2.76 bits per heavy atom. The first-order chi connectivity index (χ1) is 7.97. The molecular weight excluding hydrogens is 358 g/mol. The maximum absolute atomic E-state index is 10.4. The highest BCUT2D eigenvalue weighted by atomic mass is 79.9. The molecule has 2 amide bonds. The summed E-state index contributed by atoms with van der Waals surface area (Å²) in [6, 6.07) is 0.790. The average Bonchev–Trinajstić information content (AvgIpc) is 2.29. The number of nitrogens with two attached hydrogens (primary N) is 1. The van der Waals surface area contributed by atoms with Crippen LogP contribution in [0.3, 0.4) is 0 Å². The summed E-state index contributed by atoms with van der Waals surface area (Å²) in [5.74, 6) is 0.250. The lowest BCUT2D eigenvalue weighted by Crippen LogP contribution is -2.24. The second-order valence-electron chi connectivity index (χ2n) is 2.88. The minimum absolute atomic E-state index is 0.0283. The number of phenolic OH excluding ortho intramolecular Hbond substituents is 1. The topological polar surface area (TPSA) is 96.9 Å². The molecule has 0 unspecified atom stereocenters. The molecule has 0 saturated carbocycles. The van der Waals surface area contributed by atoms with Crippen LogP contribution in [0.1, 0.15) is 5.56 Å². The number of carbonyl (C=O) groups is 1. The van der Waals surface area contributed by atoms with Crippen molar-refractivity contribution in [3.63, 3.8) is 0 Å². The molecule has 0 bridgehead atoms. The molecule has 0 heterocycles. The van der Waals surface area contributed by atoms with Gasteiger partial charge in [0.15, 0.2) is 11.5 Å². The number of nitrogens with zero attached hydrogens (tertiary/aromatic N) is 1. The van der Waals surface area contributed by atoms with Gasteiger partial charge in [-0.25, -0.2) is 10.2 Å². The third-order valence-corrected chi connectivity index (χ3v) is 3.93. The quantitative estimate of drug-likeness (QED) is 0.563. The van der Waals surface area contributed by atoms with Crippen molar-refractivity contribution >= 4 is 44.1 Å². The molecule has 17 heavy (non-hydrogen) atoms. The van der Waals surface area contributed by atoms with E-state index < -0.39 is 6.03 Å². The Morgan fingerprint density at radius 2 is 2.24 bits per heavy atom. The van der Waals surface area contributed by atoms with Gasteiger partial charge in [-0.3, -0.25) is 0 Å². The summed E-state index contributed by atoms with van der Waals surface area (Å²) in [5.41, 5.74) is 7.51. The Morgan fingerprint density at radius 1 is 1.59 bits per heavy atom. The lowest BCUT2D eigenvalue weighted by molar-refractivity contribution is 0.249. The number of rotatable bonds is 3. The number of phenols is 1. The molecule has 0 fully saturated rings. The number of hydrogen-bond acceptors (Lipinski definition) is 4. The third-order valence-electron chi connectivity index (χ3n) is 1.77. The Kier molecular flexibility index (Phi) is 4.76. The van der Waals surface area contributed by atoms with Gasteiger partial charge in [-0.05, 0) is 37.9 Å². The average molecular weight is 367 g/mol. The fraction of sp³-hybridized carbons (Fsp3) is 0.111. The number of ether oxygens (including phenoxy) is 1. The molecule has 1 aromatic carbocycles. The zero-order valence-corrected chi connectivity index (χ0v) is 11.9. The number of halogens is 2. The normalized spacial score (nSPS) is 10.5. The number of primary amides is 1. The van der Waals surface area contributed by atoms with Crippen LogP contribution >= 0.6 is 31.9 Å². The number of amides is 2. The first-order valence-corrected chi connectivity index (χ1v) is 5.89. The van der Waals surface area contributed by atoms with Crippen molar-refractivity contribution in [2.24, 2.45) is 10.8 Å². The highest BCUT2D eigenvalue weighted by molar-refractivity contribution is 9.13. The van der Waals surface area contributed by atoms with Crippen molar-refractivity contribution < 1.29 is 14.6 Å². The lowest BCUT2D eigenvalue weighted by Gasteiger charge is -2.09. The molecule has 1 aromatic rings. The minimum atomic E-state index is -0.762. The molecule has 0 saturated heterocycles. The van der Waals surface area contributed by atoms with E-state index in [9.17, 15) is 9.90 Å². The van der Waals surface area contributed by atoms with Crippen LogP contribution in [0.4, 0.5) is 4.79 Å². The van der Waals surface area contributed by atoms with Crippen LogP contribution in [0.15, 0.2) is 20.1 Å². The van der Waals surface area contributed by atoms with E-state index in [-0.39, 0.29) is 11.5 Å². The van der Waals surface area contributed by atoms with Crippen LogP contribution in [0.5, 0.6) is 11.5 Å². The van der Waals surface area contributed by atoms with E-state index in [1.165, 1.54) is 13.3 Å². The Hall–Kier alpha value is -1.28. The summed E-state index contributed by atoms with van der Waals surface area (Å²) < 4.78 is 5.98. The van der Waals surface area contributed by atoms with Crippen molar-refractivity contribution in [2.75, 3.05) is 7.11 Å². The van der Waals surface area contributed by atoms with Gasteiger partial charge in [0, 0.05) is 10.0 Å². The van der Waals surface area contributed by atoms with E-state index in [1.807, 2.05) is 0 Å². The van der Waals surface area contributed by atoms with Crippen molar-refractivity contribution in [3.8, 4) is 11.5 Å². The lowest BCUT2D eigenvalue weighted by atomic mass is 10.2. The predicted molar refractivity (Wildman–Crippen MR) is 70.4 cm³/mol. The fourth-order valence-corrected chi connectivity index (χ4v) is 1.86. The van der Waals surface area contributed by atoms with Crippen molar-refractivity contribution in [3.05, 3.63) is 20.6 Å². The summed E-state index contributed by atoms with van der Waals surface area (Å²) >= 11 is 6.46. The number of hydrogen-bond donors (Lipinski definition) is 3. The minimum Gasteiger partial charge on any atom is -0.503 e. The molecule has 0 spiro atoms. The van der Waals surface area contributed by atoms with Crippen LogP contribution in [-0.2, 0) is 0 Å². The zero-order valence-electron chi connectivity index (χ0n) is 8.70. The van der Waals surface area contributed by atoms with Crippen molar-refractivity contribution in [1.29, 1.82) is 0 Å². The predicted octanol–water partition coefficient (Wildman–Crippen LogP) is 1.93. The molecule has 1 rings (SSSR count). The highest BCUT2D eigenvalue weighted by Crippen LogP contribution is 2.41. The second kappa shape index (κ2) is 5.87. The molecule has 0 radical (unpaired) electrons.